The molecule has 1 saturated carbocycles. The number of hydrogen-bond donors (Lipinski definition) is 1. The van der Waals surface area contributed by atoms with Crippen molar-refractivity contribution in [3.63, 3.8) is 0 Å². The fourth-order valence-electron chi connectivity index (χ4n) is 3.55. The van der Waals surface area contributed by atoms with Gasteiger partial charge in [-0.05, 0) is 48.8 Å². The molecular weight excluding hydrogens is 278 g/mol. The molecule has 1 nitrogen and oxygen atoms in total. The maximum Gasteiger partial charge on any atom is 0.0406 e. The monoisotopic (exact) mass is 307 g/mol. The molecule has 1 aliphatic rings. The first-order chi connectivity index (χ1) is 10.1. The van der Waals surface area contributed by atoms with Crippen molar-refractivity contribution in [1.29, 1.82) is 0 Å². The highest BCUT2D eigenvalue weighted by molar-refractivity contribution is 6.30. The van der Waals surface area contributed by atoms with Crippen molar-refractivity contribution in [2.24, 2.45) is 11.8 Å². The molecule has 1 aromatic carbocycles. The van der Waals surface area contributed by atoms with Crippen LogP contribution in [-0.2, 0) is 0 Å². The Balaban J connectivity index is 2.01. The van der Waals surface area contributed by atoms with Crippen LogP contribution in [0.15, 0.2) is 24.3 Å². The van der Waals surface area contributed by atoms with Crippen LogP contribution in [0.4, 0.5) is 0 Å². The Morgan fingerprint density at radius 2 is 1.81 bits per heavy atom. The molecule has 2 rings (SSSR count). The molecule has 0 spiro atoms. The predicted octanol–water partition coefficient (Wildman–Crippen LogP) is 5.99. The van der Waals surface area contributed by atoms with Crippen molar-refractivity contribution in [3.8, 4) is 0 Å². The van der Waals surface area contributed by atoms with Crippen LogP contribution in [0.25, 0.3) is 0 Å². The summed E-state index contributed by atoms with van der Waals surface area (Å²) in [6, 6.07) is 9.47. The first-order valence-electron chi connectivity index (χ1n) is 8.61. The minimum Gasteiger partial charge on any atom is -0.307 e. The summed E-state index contributed by atoms with van der Waals surface area (Å²) in [5.41, 5.74) is 1.37. The summed E-state index contributed by atoms with van der Waals surface area (Å²) in [6.07, 6.45) is 8.18. The van der Waals surface area contributed by atoms with Gasteiger partial charge in [-0.1, -0.05) is 63.8 Å². The van der Waals surface area contributed by atoms with E-state index in [1.807, 2.05) is 12.1 Å². The number of rotatable bonds is 5. The summed E-state index contributed by atoms with van der Waals surface area (Å²) in [4.78, 5) is 0. The Hall–Kier alpha value is -0.530. The molecule has 21 heavy (non-hydrogen) atoms. The third-order valence-electron chi connectivity index (χ3n) is 4.98. The summed E-state index contributed by atoms with van der Waals surface area (Å²) < 4.78 is 0. The lowest BCUT2D eigenvalue weighted by Crippen LogP contribution is -2.35. The molecule has 2 heteroatoms. The first kappa shape index (κ1) is 16.8. The molecule has 118 valence electrons. The zero-order valence-electron chi connectivity index (χ0n) is 13.7. The molecule has 1 fully saturated rings. The van der Waals surface area contributed by atoms with E-state index in [0.29, 0.717) is 18.0 Å². The zero-order chi connectivity index (χ0) is 15.2. The van der Waals surface area contributed by atoms with Crippen LogP contribution in [0.3, 0.4) is 0 Å². The van der Waals surface area contributed by atoms with Gasteiger partial charge in [0.2, 0.25) is 0 Å². The molecule has 0 aliphatic heterocycles. The SMILES string of the molecule is CCC1CCCC(NC(c2ccc(Cl)cc2)C(C)C)CC1. The smallest absolute Gasteiger partial charge is 0.0406 e. The Bertz CT molecular complexity index is 412. The Kier molecular flexibility index (Phi) is 6.57. The van der Waals surface area contributed by atoms with Gasteiger partial charge in [-0.2, -0.15) is 0 Å². The van der Waals surface area contributed by atoms with Gasteiger partial charge in [-0.3, -0.25) is 0 Å². The standard InChI is InChI=1S/C19H30ClN/c1-4-15-6-5-7-18(13-8-15)21-19(14(2)3)16-9-11-17(20)12-10-16/h9-12,14-15,18-19,21H,4-8,13H2,1-3H3. The molecule has 3 atom stereocenters. The molecule has 1 aliphatic carbocycles. The molecule has 0 saturated heterocycles. The molecule has 0 amide bonds. The molecule has 0 aromatic heterocycles. The minimum absolute atomic E-state index is 0.436. The van der Waals surface area contributed by atoms with Crippen LogP contribution in [0, 0.1) is 11.8 Å². The van der Waals surface area contributed by atoms with Crippen LogP contribution >= 0.6 is 11.6 Å². The Morgan fingerprint density at radius 3 is 2.43 bits per heavy atom. The van der Waals surface area contributed by atoms with Gasteiger partial charge in [0.1, 0.15) is 0 Å². The second-order valence-corrected chi connectivity index (χ2v) is 7.36. The van der Waals surface area contributed by atoms with Gasteiger partial charge >= 0.3 is 0 Å². The van der Waals surface area contributed by atoms with Gasteiger partial charge in [0, 0.05) is 17.1 Å². The molecule has 0 bridgehead atoms. The van der Waals surface area contributed by atoms with Crippen molar-refractivity contribution < 1.29 is 0 Å². The number of benzene rings is 1. The number of halogens is 1. The highest BCUT2D eigenvalue weighted by Gasteiger charge is 2.23. The van der Waals surface area contributed by atoms with E-state index >= 15 is 0 Å². The summed E-state index contributed by atoms with van der Waals surface area (Å²) in [5.74, 6) is 1.54. The molecular formula is C19H30ClN. The number of nitrogens with one attached hydrogen (secondary N) is 1. The molecule has 0 heterocycles. The van der Waals surface area contributed by atoms with Crippen LogP contribution < -0.4 is 5.32 Å². The highest BCUT2D eigenvalue weighted by Crippen LogP contribution is 2.29. The van der Waals surface area contributed by atoms with Crippen molar-refractivity contribution >= 4 is 11.6 Å². The normalized spacial score (nSPS) is 24.8. The molecule has 1 aromatic rings. The van der Waals surface area contributed by atoms with E-state index < -0.39 is 0 Å². The lowest BCUT2D eigenvalue weighted by Gasteiger charge is -2.28. The van der Waals surface area contributed by atoms with E-state index in [0.717, 1.165) is 10.9 Å². The third kappa shape index (κ3) is 5.00. The van der Waals surface area contributed by atoms with E-state index in [2.05, 4.69) is 38.2 Å². The fraction of sp³-hybridized carbons (Fsp3) is 0.684. The third-order valence-corrected chi connectivity index (χ3v) is 5.23. The Morgan fingerprint density at radius 1 is 1.10 bits per heavy atom. The highest BCUT2D eigenvalue weighted by atomic mass is 35.5. The molecule has 1 N–H and O–H groups in total. The van der Waals surface area contributed by atoms with Crippen LogP contribution in [0.2, 0.25) is 5.02 Å². The largest absolute Gasteiger partial charge is 0.307 e. The maximum atomic E-state index is 6.02. The average Bonchev–Trinajstić information content (AvgIpc) is 2.70. The second kappa shape index (κ2) is 8.19. The molecule has 3 unspecified atom stereocenters. The van der Waals surface area contributed by atoms with Crippen LogP contribution in [-0.4, -0.2) is 6.04 Å². The quantitative estimate of drug-likeness (QED) is 0.659. The summed E-state index contributed by atoms with van der Waals surface area (Å²) in [7, 11) is 0. The van der Waals surface area contributed by atoms with Gasteiger partial charge in [-0.25, -0.2) is 0 Å². The minimum atomic E-state index is 0.436. The number of hydrogen-bond acceptors (Lipinski definition) is 1. The van der Waals surface area contributed by atoms with Gasteiger partial charge in [0.05, 0.1) is 0 Å². The van der Waals surface area contributed by atoms with E-state index in [1.54, 1.807) is 0 Å². The van der Waals surface area contributed by atoms with E-state index in [-0.39, 0.29) is 0 Å². The van der Waals surface area contributed by atoms with Gasteiger partial charge in [0.25, 0.3) is 0 Å². The summed E-state index contributed by atoms with van der Waals surface area (Å²) in [6.45, 7) is 6.94. The summed E-state index contributed by atoms with van der Waals surface area (Å²) in [5, 5.41) is 4.75. The van der Waals surface area contributed by atoms with Crippen LogP contribution in [0.5, 0.6) is 0 Å². The topological polar surface area (TPSA) is 12.0 Å². The van der Waals surface area contributed by atoms with E-state index in [9.17, 15) is 0 Å². The predicted molar refractivity (Wildman–Crippen MR) is 92.8 cm³/mol. The maximum absolute atomic E-state index is 6.02. The van der Waals surface area contributed by atoms with Gasteiger partial charge < -0.3 is 5.32 Å². The molecule has 0 radical (unpaired) electrons. The van der Waals surface area contributed by atoms with Crippen molar-refractivity contribution in [2.75, 3.05) is 0 Å². The van der Waals surface area contributed by atoms with Gasteiger partial charge in [-0.15, -0.1) is 0 Å². The van der Waals surface area contributed by atoms with Crippen molar-refractivity contribution in [1.82, 2.24) is 5.32 Å². The summed E-state index contributed by atoms with van der Waals surface area (Å²) >= 11 is 6.02. The lowest BCUT2D eigenvalue weighted by molar-refractivity contribution is 0.334. The van der Waals surface area contributed by atoms with E-state index in [1.165, 1.54) is 44.1 Å². The second-order valence-electron chi connectivity index (χ2n) is 6.92. The average molecular weight is 308 g/mol. The van der Waals surface area contributed by atoms with Gasteiger partial charge in [0.15, 0.2) is 0 Å². The zero-order valence-corrected chi connectivity index (χ0v) is 14.5. The van der Waals surface area contributed by atoms with E-state index in [4.69, 9.17) is 11.6 Å². The Labute approximate surface area is 135 Å². The lowest BCUT2D eigenvalue weighted by atomic mass is 9.93. The van der Waals surface area contributed by atoms with Crippen molar-refractivity contribution in [2.45, 2.75) is 71.4 Å². The van der Waals surface area contributed by atoms with Crippen LogP contribution in [0.1, 0.15) is 70.9 Å². The fourth-order valence-corrected chi connectivity index (χ4v) is 3.68. The van der Waals surface area contributed by atoms with Crippen molar-refractivity contribution in [3.05, 3.63) is 34.9 Å². The first-order valence-corrected chi connectivity index (χ1v) is 8.99.